The molecule has 28 heavy (non-hydrogen) atoms. The van der Waals surface area contributed by atoms with Crippen molar-refractivity contribution in [3.05, 3.63) is 59.2 Å². The zero-order valence-corrected chi connectivity index (χ0v) is 16.2. The van der Waals surface area contributed by atoms with Gasteiger partial charge in [-0.15, -0.1) is 0 Å². The van der Waals surface area contributed by atoms with Gasteiger partial charge in [-0.25, -0.2) is 9.69 Å². The average Bonchev–Trinajstić information content (AvgIpc) is 2.67. The first kappa shape index (κ1) is 20.8. The van der Waals surface area contributed by atoms with Crippen LogP contribution in [0.15, 0.2) is 42.5 Å². The van der Waals surface area contributed by atoms with Crippen molar-refractivity contribution in [2.45, 2.75) is 33.2 Å². The Morgan fingerprint density at radius 3 is 2.29 bits per heavy atom. The van der Waals surface area contributed by atoms with Gasteiger partial charge in [-0.2, -0.15) is 5.26 Å². The first-order chi connectivity index (χ1) is 13.3. The van der Waals surface area contributed by atoms with Crippen molar-refractivity contribution < 1.29 is 14.7 Å². The van der Waals surface area contributed by atoms with Crippen molar-refractivity contribution in [3.8, 4) is 11.9 Å². The molecule has 7 nitrogen and oxygen atoms in total. The number of phenolic OH excluding ortho intramolecular Hbond substituents is 1. The number of carbonyl (C=O) groups excluding carboxylic acids is 2. The van der Waals surface area contributed by atoms with Crippen LogP contribution in [0.2, 0.25) is 0 Å². The van der Waals surface area contributed by atoms with Crippen molar-refractivity contribution in [2.24, 2.45) is 0 Å². The molecule has 0 bridgehead atoms. The number of benzene rings is 2. The van der Waals surface area contributed by atoms with Gasteiger partial charge in [0.1, 0.15) is 11.8 Å². The molecule has 0 aliphatic rings. The number of anilines is 1. The van der Waals surface area contributed by atoms with E-state index in [1.807, 2.05) is 38.2 Å². The maximum Gasteiger partial charge on any atom is 0.319 e. The van der Waals surface area contributed by atoms with Crippen LogP contribution in [0.25, 0.3) is 0 Å². The Hall–Kier alpha value is -3.53. The summed E-state index contributed by atoms with van der Waals surface area (Å²) in [7, 11) is 0. The van der Waals surface area contributed by atoms with Gasteiger partial charge in [0.05, 0.1) is 0 Å². The number of rotatable bonds is 6. The maximum absolute atomic E-state index is 12.7. The number of hydrogen-bond acceptors (Lipinski definition) is 4. The second-order valence-electron chi connectivity index (χ2n) is 6.47. The van der Waals surface area contributed by atoms with Crippen molar-refractivity contribution in [1.29, 1.82) is 5.26 Å². The van der Waals surface area contributed by atoms with Crippen LogP contribution in [0.1, 0.15) is 23.6 Å². The number of nitriles is 1. The van der Waals surface area contributed by atoms with Gasteiger partial charge in [0.25, 0.3) is 5.91 Å². The molecule has 3 N–H and O–H groups in total. The third-order valence-corrected chi connectivity index (χ3v) is 4.40. The second kappa shape index (κ2) is 9.42. The normalized spacial score (nSPS) is 11.2. The van der Waals surface area contributed by atoms with Crippen LogP contribution in [0.3, 0.4) is 0 Å². The minimum absolute atomic E-state index is 0.111. The van der Waals surface area contributed by atoms with Gasteiger partial charge in [-0.05, 0) is 49.6 Å². The van der Waals surface area contributed by atoms with E-state index in [4.69, 9.17) is 0 Å². The van der Waals surface area contributed by atoms with E-state index in [0.29, 0.717) is 5.69 Å². The molecule has 0 saturated carbocycles. The number of aromatic hydroxyl groups is 1. The van der Waals surface area contributed by atoms with Crippen molar-refractivity contribution >= 4 is 17.6 Å². The number of phenols is 1. The van der Waals surface area contributed by atoms with Gasteiger partial charge in [0.2, 0.25) is 0 Å². The molecule has 146 valence electrons. The summed E-state index contributed by atoms with van der Waals surface area (Å²) in [5, 5.41) is 24.1. The van der Waals surface area contributed by atoms with Gasteiger partial charge in [0.15, 0.2) is 6.19 Å². The standard InChI is InChI=1S/C21H24N4O3/c1-4-25(13-22)20(27)18(12-16-8-10-17(26)11-9-16)23-21(28)24-19-14(2)6-5-7-15(19)3/h5-11,18,26H,4,12H2,1-3H3,(H2,23,24,28). The molecule has 0 heterocycles. The molecule has 2 rings (SSSR count). The van der Waals surface area contributed by atoms with E-state index >= 15 is 0 Å². The molecule has 0 aliphatic heterocycles. The van der Waals surface area contributed by atoms with E-state index in [-0.39, 0.29) is 18.7 Å². The lowest BCUT2D eigenvalue weighted by Gasteiger charge is -2.22. The summed E-state index contributed by atoms with van der Waals surface area (Å²) in [5.74, 6) is -0.380. The summed E-state index contributed by atoms with van der Waals surface area (Å²) < 4.78 is 0. The van der Waals surface area contributed by atoms with E-state index < -0.39 is 18.0 Å². The van der Waals surface area contributed by atoms with Crippen LogP contribution in [-0.2, 0) is 11.2 Å². The number of carbonyl (C=O) groups is 2. The highest BCUT2D eigenvalue weighted by Gasteiger charge is 2.26. The number of aryl methyl sites for hydroxylation is 2. The highest BCUT2D eigenvalue weighted by Crippen LogP contribution is 2.19. The second-order valence-corrected chi connectivity index (χ2v) is 6.47. The molecule has 0 fully saturated rings. The molecular weight excluding hydrogens is 356 g/mol. The fourth-order valence-electron chi connectivity index (χ4n) is 2.85. The summed E-state index contributed by atoms with van der Waals surface area (Å²) in [6, 6.07) is 10.6. The SMILES string of the molecule is CCN(C#N)C(=O)C(Cc1ccc(O)cc1)NC(=O)Nc1c(C)cccc1C. The van der Waals surface area contributed by atoms with Crippen LogP contribution >= 0.6 is 0 Å². The molecule has 0 aliphatic carbocycles. The zero-order valence-electron chi connectivity index (χ0n) is 16.2. The molecule has 2 aromatic carbocycles. The molecule has 0 saturated heterocycles. The smallest absolute Gasteiger partial charge is 0.319 e. The average molecular weight is 380 g/mol. The molecule has 0 radical (unpaired) electrons. The summed E-state index contributed by atoms with van der Waals surface area (Å²) in [6.07, 6.45) is 2.03. The van der Waals surface area contributed by atoms with E-state index in [9.17, 15) is 20.0 Å². The number of nitrogens with one attached hydrogen (secondary N) is 2. The Kier molecular flexibility index (Phi) is 6.99. The molecular formula is C21H24N4O3. The highest BCUT2D eigenvalue weighted by molar-refractivity contribution is 5.95. The van der Waals surface area contributed by atoms with Gasteiger partial charge < -0.3 is 15.7 Å². The maximum atomic E-state index is 12.7. The Morgan fingerprint density at radius 1 is 1.14 bits per heavy atom. The van der Waals surface area contributed by atoms with Crippen LogP contribution in [0.5, 0.6) is 5.75 Å². The minimum atomic E-state index is -0.923. The van der Waals surface area contributed by atoms with Gasteiger partial charge in [0, 0.05) is 18.7 Å². The van der Waals surface area contributed by atoms with Crippen molar-refractivity contribution in [1.82, 2.24) is 10.2 Å². The highest BCUT2D eigenvalue weighted by atomic mass is 16.3. The molecule has 0 spiro atoms. The number of hydrogen-bond donors (Lipinski definition) is 3. The lowest BCUT2D eigenvalue weighted by atomic mass is 10.0. The third-order valence-electron chi connectivity index (χ3n) is 4.40. The Morgan fingerprint density at radius 2 is 1.75 bits per heavy atom. The Labute approximate surface area is 164 Å². The van der Waals surface area contributed by atoms with Gasteiger partial charge in [-0.1, -0.05) is 30.3 Å². The zero-order chi connectivity index (χ0) is 20.7. The summed E-state index contributed by atoms with van der Waals surface area (Å²) in [6.45, 7) is 5.67. The van der Waals surface area contributed by atoms with Gasteiger partial charge in [-0.3, -0.25) is 4.79 Å². The van der Waals surface area contributed by atoms with Crippen LogP contribution in [-0.4, -0.2) is 34.5 Å². The molecule has 7 heteroatoms. The summed E-state index contributed by atoms with van der Waals surface area (Å²) >= 11 is 0. The third kappa shape index (κ3) is 5.24. The fourth-order valence-corrected chi connectivity index (χ4v) is 2.85. The first-order valence-electron chi connectivity index (χ1n) is 8.98. The Bertz CT molecular complexity index is 867. The summed E-state index contributed by atoms with van der Waals surface area (Å²) in [5.41, 5.74) is 3.24. The summed E-state index contributed by atoms with van der Waals surface area (Å²) in [4.78, 5) is 26.3. The van der Waals surface area contributed by atoms with E-state index in [2.05, 4.69) is 10.6 Å². The van der Waals surface area contributed by atoms with E-state index in [1.54, 1.807) is 19.1 Å². The van der Waals surface area contributed by atoms with Crippen LogP contribution < -0.4 is 10.6 Å². The van der Waals surface area contributed by atoms with E-state index in [0.717, 1.165) is 21.6 Å². The fraction of sp³-hybridized carbons (Fsp3) is 0.286. The largest absolute Gasteiger partial charge is 0.508 e. The lowest BCUT2D eigenvalue weighted by molar-refractivity contribution is -0.129. The lowest BCUT2D eigenvalue weighted by Crippen LogP contribution is -2.49. The minimum Gasteiger partial charge on any atom is -0.508 e. The van der Waals surface area contributed by atoms with Gasteiger partial charge >= 0.3 is 6.03 Å². The number of para-hydroxylation sites is 1. The number of nitrogens with zero attached hydrogens (tertiary/aromatic N) is 2. The van der Waals surface area contributed by atoms with Crippen molar-refractivity contribution in [3.63, 3.8) is 0 Å². The monoisotopic (exact) mass is 380 g/mol. The Balaban J connectivity index is 2.20. The number of amides is 3. The number of urea groups is 1. The predicted octanol–water partition coefficient (Wildman–Crippen LogP) is 3.07. The molecule has 1 atom stereocenters. The van der Waals surface area contributed by atoms with E-state index in [1.165, 1.54) is 12.1 Å². The molecule has 2 aromatic rings. The number of likely N-dealkylation sites (N-methyl/N-ethyl adjacent to an activating group) is 1. The first-order valence-corrected chi connectivity index (χ1v) is 8.98. The van der Waals surface area contributed by atoms with Crippen molar-refractivity contribution in [2.75, 3.05) is 11.9 Å². The topological polar surface area (TPSA) is 105 Å². The quantitative estimate of drug-likeness (QED) is 0.529. The molecule has 3 amide bonds. The van der Waals surface area contributed by atoms with Crippen LogP contribution in [0.4, 0.5) is 10.5 Å². The molecule has 1 unspecified atom stereocenters. The van der Waals surface area contributed by atoms with Crippen LogP contribution in [0, 0.1) is 25.3 Å². The predicted molar refractivity (Wildman–Crippen MR) is 107 cm³/mol. The molecule has 0 aromatic heterocycles.